The molecule has 19 heavy (non-hydrogen) atoms. The third-order valence-corrected chi connectivity index (χ3v) is 3.08. The molecule has 1 aromatic rings. The molecular formula is C13H21ClN4O. The van der Waals surface area contributed by atoms with Crippen LogP contribution in [0.25, 0.3) is 0 Å². The van der Waals surface area contributed by atoms with E-state index in [1.54, 1.807) is 7.05 Å². The van der Waals surface area contributed by atoms with Gasteiger partial charge in [0.1, 0.15) is 5.82 Å². The predicted octanol–water partition coefficient (Wildman–Crippen LogP) is 1.73. The molecule has 0 radical (unpaired) electrons. The van der Waals surface area contributed by atoms with Crippen LogP contribution in [0.5, 0.6) is 0 Å². The number of rotatable bonds is 7. The van der Waals surface area contributed by atoms with Crippen LogP contribution in [-0.2, 0) is 11.3 Å². The number of carbonyl (C=O) groups is 1. The summed E-state index contributed by atoms with van der Waals surface area (Å²) in [6.07, 6.45) is 0.973. The lowest BCUT2D eigenvalue weighted by atomic mass is 10.3. The molecule has 5 nitrogen and oxygen atoms in total. The number of nitrogens with one attached hydrogen (secondary N) is 2. The van der Waals surface area contributed by atoms with Crippen LogP contribution in [0.1, 0.15) is 19.0 Å². The Balaban J connectivity index is 2.80. The second kappa shape index (κ2) is 7.96. The lowest BCUT2D eigenvalue weighted by Crippen LogP contribution is -2.36. The van der Waals surface area contributed by atoms with E-state index in [-0.39, 0.29) is 5.91 Å². The zero-order chi connectivity index (χ0) is 14.3. The molecule has 0 atom stereocenters. The summed E-state index contributed by atoms with van der Waals surface area (Å²) in [6.45, 7) is 3.83. The Bertz CT molecular complexity index is 425. The highest BCUT2D eigenvalue weighted by Gasteiger charge is 2.12. The van der Waals surface area contributed by atoms with E-state index in [2.05, 4.69) is 22.5 Å². The minimum absolute atomic E-state index is 0.00524. The maximum Gasteiger partial charge on any atom is 0.233 e. The normalized spacial score (nSPS) is 10.6. The predicted molar refractivity (Wildman–Crippen MR) is 78.4 cm³/mol. The number of carbonyl (C=O) groups excluding carboxylic acids is 1. The standard InChI is InChI=1S/C13H21ClN4O/c1-4-7-18(9-13(19)16-3)8-11-10(14)5-6-12(15-2)17-11/h5-6H,4,7-9H2,1-3H3,(H,15,17)(H,16,19). The van der Waals surface area contributed by atoms with Gasteiger partial charge in [0.15, 0.2) is 0 Å². The summed E-state index contributed by atoms with van der Waals surface area (Å²) in [6, 6.07) is 3.65. The lowest BCUT2D eigenvalue weighted by molar-refractivity contribution is -0.121. The number of anilines is 1. The van der Waals surface area contributed by atoms with Gasteiger partial charge in [-0.3, -0.25) is 9.69 Å². The van der Waals surface area contributed by atoms with Crippen LogP contribution in [0, 0.1) is 0 Å². The average Bonchev–Trinajstić information content (AvgIpc) is 2.41. The molecule has 1 amide bonds. The number of likely N-dealkylation sites (N-methyl/N-ethyl adjacent to an activating group) is 1. The lowest BCUT2D eigenvalue weighted by Gasteiger charge is -2.21. The minimum atomic E-state index is -0.00524. The second-order valence-corrected chi connectivity index (χ2v) is 4.67. The zero-order valence-electron chi connectivity index (χ0n) is 11.7. The fourth-order valence-electron chi connectivity index (χ4n) is 1.76. The summed E-state index contributed by atoms with van der Waals surface area (Å²) in [5.74, 6) is 0.769. The Kier molecular flexibility index (Phi) is 6.59. The van der Waals surface area contributed by atoms with Gasteiger partial charge in [-0.2, -0.15) is 0 Å². The Labute approximate surface area is 119 Å². The van der Waals surface area contributed by atoms with Crippen molar-refractivity contribution in [3.63, 3.8) is 0 Å². The minimum Gasteiger partial charge on any atom is -0.373 e. The first kappa shape index (κ1) is 15.7. The Morgan fingerprint density at radius 2 is 2.16 bits per heavy atom. The molecule has 0 aliphatic rings. The summed E-state index contributed by atoms with van der Waals surface area (Å²) in [7, 11) is 3.45. The molecule has 1 rings (SSSR count). The van der Waals surface area contributed by atoms with Gasteiger partial charge in [-0.25, -0.2) is 4.98 Å². The average molecular weight is 285 g/mol. The van der Waals surface area contributed by atoms with Crippen molar-refractivity contribution in [2.45, 2.75) is 19.9 Å². The highest BCUT2D eigenvalue weighted by atomic mass is 35.5. The largest absolute Gasteiger partial charge is 0.373 e. The molecule has 0 aliphatic carbocycles. The van der Waals surface area contributed by atoms with Gasteiger partial charge in [0, 0.05) is 20.6 Å². The molecule has 0 saturated heterocycles. The van der Waals surface area contributed by atoms with Gasteiger partial charge in [-0.1, -0.05) is 18.5 Å². The van der Waals surface area contributed by atoms with Gasteiger partial charge in [0.25, 0.3) is 0 Å². The van der Waals surface area contributed by atoms with E-state index >= 15 is 0 Å². The van der Waals surface area contributed by atoms with Crippen LogP contribution in [0.3, 0.4) is 0 Å². The molecule has 0 saturated carbocycles. The van der Waals surface area contributed by atoms with Crippen molar-refractivity contribution >= 4 is 23.3 Å². The number of halogens is 1. The first-order valence-electron chi connectivity index (χ1n) is 6.36. The molecule has 0 spiro atoms. The van der Waals surface area contributed by atoms with Gasteiger partial charge in [0.05, 0.1) is 17.3 Å². The van der Waals surface area contributed by atoms with Crippen molar-refractivity contribution < 1.29 is 4.79 Å². The smallest absolute Gasteiger partial charge is 0.233 e. The van der Waals surface area contributed by atoms with Gasteiger partial charge in [-0.15, -0.1) is 0 Å². The van der Waals surface area contributed by atoms with Crippen molar-refractivity contribution in [3.05, 3.63) is 22.8 Å². The number of nitrogens with zero attached hydrogens (tertiary/aromatic N) is 2. The topological polar surface area (TPSA) is 57.3 Å². The van der Waals surface area contributed by atoms with E-state index in [1.165, 1.54) is 0 Å². The first-order chi connectivity index (χ1) is 9.10. The summed E-state index contributed by atoms with van der Waals surface area (Å²) in [5, 5.41) is 6.24. The Morgan fingerprint density at radius 3 is 2.74 bits per heavy atom. The van der Waals surface area contributed by atoms with E-state index in [4.69, 9.17) is 11.6 Å². The van der Waals surface area contributed by atoms with E-state index in [9.17, 15) is 4.79 Å². The van der Waals surface area contributed by atoms with Crippen LogP contribution < -0.4 is 10.6 Å². The SMILES string of the molecule is CCCN(CC(=O)NC)Cc1nc(NC)ccc1Cl. The monoisotopic (exact) mass is 284 g/mol. The second-order valence-electron chi connectivity index (χ2n) is 4.26. The molecule has 106 valence electrons. The zero-order valence-corrected chi connectivity index (χ0v) is 12.4. The van der Waals surface area contributed by atoms with Crippen molar-refractivity contribution in [2.24, 2.45) is 0 Å². The molecule has 0 aliphatic heterocycles. The summed E-state index contributed by atoms with van der Waals surface area (Å²) < 4.78 is 0. The number of amides is 1. The van der Waals surface area contributed by atoms with E-state index in [0.717, 1.165) is 24.5 Å². The van der Waals surface area contributed by atoms with Gasteiger partial charge in [-0.05, 0) is 25.1 Å². The number of pyridine rings is 1. The van der Waals surface area contributed by atoms with Crippen LogP contribution in [0.4, 0.5) is 5.82 Å². The molecule has 0 fully saturated rings. The fraction of sp³-hybridized carbons (Fsp3) is 0.538. The number of aromatic nitrogens is 1. The van der Waals surface area contributed by atoms with Gasteiger partial charge < -0.3 is 10.6 Å². The van der Waals surface area contributed by atoms with Gasteiger partial charge in [0.2, 0.25) is 5.91 Å². The summed E-state index contributed by atoms with van der Waals surface area (Å²) in [4.78, 5) is 17.9. The molecule has 1 aromatic heterocycles. The highest BCUT2D eigenvalue weighted by molar-refractivity contribution is 6.31. The van der Waals surface area contributed by atoms with Crippen molar-refractivity contribution in [3.8, 4) is 0 Å². The fourth-order valence-corrected chi connectivity index (χ4v) is 1.92. The molecule has 1 heterocycles. The van der Waals surface area contributed by atoms with E-state index < -0.39 is 0 Å². The molecular weight excluding hydrogens is 264 g/mol. The molecule has 0 unspecified atom stereocenters. The van der Waals surface area contributed by atoms with Crippen LogP contribution in [0.2, 0.25) is 5.02 Å². The van der Waals surface area contributed by atoms with E-state index in [1.807, 2.05) is 24.1 Å². The third-order valence-electron chi connectivity index (χ3n) is 2.73. The Morgan fingerprint density at radius 1 is 1.42 bits per heavy atom. The van der Waals surface area contributed by atoms with Crippen LogP contribution >= 0.6 is 11.6 Å². The van der Waals surface area contributed by atoms with Crippen LogP contribution in [-0.4, -0.2) is 43.0 Å². The highest BCUT2D eigenvalue weighted by Crippen LogP contribution is 2.18. The molecule has 6 heteroatoms. The van der Waals surface area contributed by atoms with E-state index in [0.29, 0.717) is 18.1 Å². The summed E-state index contributed by atoms with van der Waals surface area (Å²) >= 11 is 6.15. The quantitative estimate of drug-likeness (QED) is 0.801. The Hall–Kier alpha value is -1.33. The summed E-state index contributed by atoms with van der Waals surface area (Å²) in [5.41, 5.74) is 0.783. The molecule has 2 N–H and O–H groups in total. The first-order valence-corrected chi connectivity index (χ1v) is 6.74. The van der Waals surface area contributed by atoms with Crippen LogP contribution in [0.15, 0.2) is 12.1 Å². The molecule has 0 aromatic carbocycles. The van der Waals surface area contributed by atoms with Gasteiger partial charge >= 0.3 is 0 Å². The maximum absolute atomic E-state index is 11.5. The molecule has 0 bridgehead atoms. The van der Waals surface area contributed by atoms with Crippen molar-refractivity contribution in [1.82, 2.24) is 15.2 Å². The van der Waals surface area contributed by atoms with Crippen molar-refractivity contribution in [2.75, 3.05) is 32.5 Å². The third kappa shape index (κ3) is 5.04. The maximum atomic E-state index is 11.5. The number of hydrogen-bond donors (Lipinski definition) is 2. The van der Waals surface area contributed by atoms with Crippen molar-refractivity contribution in [1.29, 1.82) is 0 Å². The number of hydrogen-bond acceptors (Lipinski definition) is 4.